The van der Waals surface area contributed by atoms with E-state index in [9.17, 15) is 71.1 Å². The van der Waals surface area contributed by atoms with E-state index in [-0.39, 0.29) is 6.42 Å². The van der Waals surface area contributed by atoms with Gasteiger partial charge in [-0.3, -0.25) is 4.79 Å². The molecule has 0 saturated heterocycles. The van der Waals surface area contributed by atoms with Crippen molar-refractivity contribution in [1.82, 2.24) is 0 Å². The van der Waals surface area contributed by atoms with Gasteiger partial charge < -0.3 is 9.47 Å². The molecule has 0 saturated carbocycles. The fraction of sp³-hybridized carbons (Fsp3) is 0.867. The van der Waals surface area contributed by atoms with Crippen LogP contribution in [-0.4, -0.2) is 60.7 Å². The van der Waals surface area contributed by atoms with Crippen LogP contribution in [0.3, 0.4) is 0 Å². The first kappa shape index (κ1) is 31.0. The minimum absolute atomic E-state index is 0.0167. The third-order valence-corrected chi connectivity index (χ3v) is 4.24. The van der Waals surface area contributed by atoms with Crippen molar-refractivity contribution >= 4 is 11.9 Å². The van der Waals surface area contributed by atoms with E-state index in [0.717, 1.165) is 6.92 Å². The SMILES string of the molecule is CCC(C)C(=O)OCCC(OC(=O)C(F)(F)C(F)(F)C(F)(F)C(F)F)(C(F)(F)F)C(F)(F)F. The number of hydrogen-bond donors (Lipinski definition) is 0. The molecule has 0 aromatic rings. The van der Waals surface area contributed by atoms with Crippen LogP contribution in [0, 0.1) is 5.92 Å². The van der Waals surface area contributed by atoms with Gasteiger partial charge >= 0.3 is 54.1 Å². The summed E-state index contributed by atoms with van der Waals surface area (Å²) in [6.07, 6.45) is -22.1. The molecule has 0 heterocycles. The van der Waals surface area contributed by atoms with Gasteiger partial charge in [0.05, 0.1) is 12.5 Å². The molecule has 1 atom stereocenters. The number of carbonyl (C=O) groups excluding carboxylic acids is 2. The van der Waals surface area contributed by atoms with Crippen LogP contribution in [0.25, 0.3) is 0 Å². The largest absolute Gasteiger partial charge is 0.465 e. The van der Waals surface area contributed by atoms with Gasteiger partial charge in [-0.25, -0.2) is 13.6 Å². The average molecular weight is 524 g/mol. The lowest BCUT2D eigenvalue weighted by Gasteiger charge is -2.38. The molecule has 0 aromatic carbocycles. The molecule has 196 valence electrons. The smallest absolute Gasteiger partial charge is 0.437 e. The first-order chi connectivity index (χ1) is 14.4. The summed E-state index contributed by atoms with van der Waals surface area (Å²) >= 11 is 0. The highest BCUT2D eigenvalue weighted by atomic mass is 19.4. The Morgan fingerprint density at radius 3 is 1.58 bits per heavy atom. The number of hydrogen-bond acceptors (Lipinski definition) is 4. The third kappa shape index (κ3) is 5.73. The molecule has 0 N–H and O–H groups in total. The molecule has 0 fully saturated rings. The second-order valence-corrected chi connectivity index (χ2v) is 6.51. The Morgan fingerprint density at radius 2 is 1.24 bits per heavy atom. The molecule has 0 amide bonds. The lowest BCUT2D eigenvalue weighted by atomic mass is 9.97. The molecule has 0 rings (SSSR count). The summed E-state index contributed by atoms with van der Waals surface area (Å²) in [7, 11) is 0. The van der Waals surface area contributed by atoms with E-state index in [0.29, 0.717) is 0 Å². The molecule has 1 unspecified atom stereocenters. The summed E-state index contributed by atoms with van der Waals surface area (Å²) < 4.78 is 189. The van der Waals surface area contributed by atoms with Gasteiger partial charge in [-0.05, 0) is 6.42 Å². The first-order valence-corrected chi connectivity index (χ1v) is 8.39. The Bertz CT molecular complexity index is 684. The Kier molecular flexibility index (Phi) is 9.08. The highest BCUT2D eigenvalue weighted by Crippen LogP contribution is 2.52. The van der Waals surface area contributed by atoms with Gasteiger partial charge in [0.15, 0.2) is 0 Å². The Balaban J connectivity index is 6.28. The summed E-state index contributed by atoms with van der Waals surface area (Å²) in [4.78, 5) is 22.6. The van der Waals surface area contributed by atoms with Crippen LogP contribution >= 0.6 is 0 Å². The highest BCUT2D eigenvalue weighted by Gasteiger charge is 2.81. The summed E-state index contributed by atoms with van der Waals surface area (Å²) in [5, 5.41) is 0. The van der Waals surface area contributed by atoms with E-state index >= 15 is 0 Å². The minimum atomic E-state index is -7.47. The second-order valence-electron chi connectivity index (χ2n) is 6.51. The van der Waals surface area contributed by atoms with Crippen molar-refractivity contribution in [3.63, 3.8) is 0 Å². The van der Waals surface area contributed by atoms with Gasteiger partial charge in [-0.1, -0.05) is 13.8 Å². The van der Waals surface area contributed by atoms with Crippen molar-refractivity contribution in [3.05, 3.63) is 0 Å². The molecule has 0 aromatic heterocycles. The zero-order chi connectivity index (χ0) is 26.8. The molecule has 0 radical (unpaired) electrons. The van der Waals surface area contributed by atoms with E-state index in [2.05, 4.69) is 9.47 Å². The number of carbonyl (C=O) groups is 2. The van der Waals surface area contributed by atoms with Crippen LogP contribution in [0.5, 0.6) is 0 Å². The Labute approximate surface area is 175 Å². The maximum absolute atomic E-state index is 13.5. The molecule has 0 aliphatic carbocycles. The van der Waals surface area contributed by atoms with Gasteiger partial charge in [0.25, 0.3) is 0 Å². The van der Waals surface area contributed by atoms with Crippen LogP contribution in [0.15, 0.2) is 0 Å². The summed E-state index contributed by atoms with van der Waals surface area (Å²) in [6.45, 7) is 0.556. The minimum Gasteiger partial charge on any atom is -0.465 e. The standard InChI is InChI=1S/C15H14F14O4/c1-3-6(2)7(30)32-5-4-10(14(24,25)26,15(27,28)29)33-9(31)12(20,21)13(22,23)11(18,19)8(16)17/h6,8H,3-5H2,1-2H3. The van der Waals surface area contributed by atoms with Gasteiger partial charge in [0.2, 0.25) is 0 Å². The average Bonchev–Trinajstić information content (AvgIpc) is 2.63. The van der Waals surface area contributed by atoms with Crippen molar-refractivity contribution in [1.29, 1.82) is 0 Å². The maximum atomic E-state index is 13.5. The third-order valence-electron chi connectivity index (χ3n) is 4.24. The Morgan fingerprint density at radius 1 is 0.818 bits per heavy atom. The monoisotopic (exact) mass is 524 g/mol. The van der Waals surface area contributed by atoms with E-state index in [1.807, 2.05) is 0 Å². The van der Waals surface area contributed by atoms with Gasteiger partial charge in [-0.2, -0.15) is 52.7 Å². The topological polar surface area (TPSA) is 52.6 Å². The van der Waals surface area contributed by atoms with Gasteiger partial charge in [0.1, 0.15) is 0 Å². The van der Waals surface area contributed by atoms with E-state index in [1.165, 1.54) is 6.92 Å². The molecule has 33 heavy (non-hydrogen) atoms. The van der Waals surface area contributed by atoms with Crippen molar-refractivity contribution in [3.8, 4) is 0 Å². The number of esters is 2. The van der Waals surface area contributed by atoms with Crippen molar-refractivity contribution in [2.24, 2.45) is 5.92 Å². The van der Waals surface area contributed by atoms with E-state index in [4.69, 9.17) is 0 Å². The summed E-state index contributed by atoms with van der Waals surface area (Å²) in [5.41, 5.74) is -6.06. The summed E-state index contributed by atoms with van der Waals surface area (Å²) in [6, 6.07) is 0. The molecular formula is C15H14F14O4. The molecule has 18 heteroatoms. The Hall–Kier alpha value is -2.04. The first-order valence-electron chi connectivity index (χ1n) is 8.39. The predicted molar refractivity (Wildman–Crippen MR) is 76.8 cm³/mol. The molecule has 0 aliphatic heterocycles. The van der Waals surface area contributed by atoms with Crippen molar-refractivity contribution in [2.45, 2.75) is 68.8 Å². The van der Waals surface area contributed by atoms with Gasteiger partial charge in [-0.15, -0.1) is 0 Å². The molecule has 0 spiro atoms. The number of ether oxygens (including phenoxy) is 2. The number of halogens is 14. The van der Waals surface area contributed by atoms with E-state index in [1.54, 1.807) is 0 Å². The molecule has 0 bridgehead atoms. The van der Waals surface area contributed by atoms with Crippen LogP contribution in [-0.2, 0) is 19.1 Å². The van der Waals surface area contributed by atoms with Crippen molar-refractivity contribution < 1.29 is 80.5 Å². The fourth-order valence-corrected chi connectivity index (χ4v) is 1.91. The zero-order valence-corrected chi connectivity index (χ0v) is 16.2. The summed E-state index contributed by atoms with van der Waals surface area (Å²) in [5.74, 6) is -28.8. The van der Waals surface area contributed by atoms with Crippen LogP contribution in [0.1, 0.15) is 26.7 Å². The van der Waals surface area contributed by atoms with Gasteiger partial charge in [0, 0.05) is 6.42 Å². The highest BCUT2D eigenvalue weighted by molar-refractivity contribution is 5.80. The molecule has 4 nitrogen and oxygen atoms in total. The van der Waals surface area contributed by atoms with Crippen LogP contribution in [0.4, 0.5) is 61.5 Å². The van der Waals surface area contributed by atoms with E-state index < -0.39 is 73.0 Å². The second kappa shape index (κ2) is 9.68. The predicted octanol–water partition coefficient (Wildman–Crippen LogP) is 5.54. The fourth-order valence-electron chi connectivity index (χ4n) is 1.91. The number of rotatable bonds is 10. The lowest BCUT2D eigenvalue weighted by Crippen LogP contribution is -2.66. The molecule has 0 aliphatic rings. The van der Waals surface area contributed by atoms with Crippen LogP contribution in [0.2, 0.25) is 0 Å². The lowest BCUT2D eigenvalue weighted by molar-refractivity contribution is -0.384. The zero-order valence-electron chi connectivity index (χ0n) is 16.2. The molecular weight excluding hydrogens is 510 g/mol. The number of alkyl halides is 14. The quantitative estimate of drug-likeness (QED) is 0.278. The van der Waals surface area contributed by atoms with Crippen LogP contribution < -0.4 is 0 Å². The normalized spacial score (nSPS) is 15.4. The van der Waals surface area contributed by atoms with Crippen molar-refractivity contribution in [2.75, 3.05) is 6.61 Å². The maximum Gasteiger partial charge on any atom is 0.437 e.